The van der Waals surface area contributed by atoms with Crippen molar-refractivity contribution in [2.75, 3.05) is 11.9 Å². The summed E-state index contributed by atoms with van der Waals surface area (Å²) in [6.07, 6.45) is 2.03. The molecule has 1 aromatic heterocycles. The monoisotopic (exact) mass is 336 g/mol. The molecule has 1 unspecified atom stereocenters. The van der Waals surface area contributed by atoms with E-state index in [2.05, 4.69) is 36.5 Å². The van der Waals surface area contributed by atoms with Crippen molar-refractivity contribution in [2.24, 2.45) is 0 Å². The van der Waals surface area contributed by atoms with E-state index < -0.39 is 0 Å². The number of hydrogen-bond donors (Lipinski definition) is 2. The predicted molar refractivity (Wildman–Crippen MR) is 83.6 cm³/mol. The molecule has 0 spiro atoms. The summed E-state index contributed by atoms with van der Waals surface area (Å²) in [4.78, 5) is 19.8. The van der Waals surface area contributed by atoms with E-state index in [9.17, 15) is 4.79 Å². The van der Waals surface area contributed by atoms with Gasteiger partial charge in [0.1, 0.15) is 12.1 Å². The average molecular weight is 337 g/mol. The minimum absolute atomic E-state index is 0.0499. The number of rotatable bonds is 5. The minimum atomic E-state index is 0.0499. The third-order valence-electron chi connectivity index (χ3n) is 2.91. The van der Waals surface area contributed by atoms with Crippen LogP contribution in [0, 0.1) is 0 Å². The van der Waals surface area contributed by atoms with Gasteiger partial charge in [0, 0.05) is 28.9 Å². The molecule has 106 valence electrons. The van der Waals surface area contributed by atoms with Crippen molar-refractivity contribution >= 4 is 38.6 Å². The van der Waals surface area contributed by atoms with E-state index in [0.29, 0.717) is 13.0 Å². The zero-order chi connectivity index (χ0) is 14.5. The van der Waals surface area contributed by atoms with E-state index in [1.807, 2.05) is 32.0 Å². The summed E-state index contributed by atoms with van der Waals surface area (Å²) in [5.41, 5.74) is 0.885. The molecule has 1 amide bonds. The molecule has 0 aliphatic heterocycles. The lowest BCUT2D eigenvalue weighted by molar-refractivity contribution is -0.120. The Balaban J connectivity index is 2.13. The Morgan fingerprint density at radius 1 is 1.40 bits per heavy atom. The largest absolute Gasteiger partial charge is 0.365 e. The molecule has 0 aliphatic carbocycles. The first-order valence-electron chi connectivity index (χ1n) is 6.53. The molecular weight excluding hydrogens is 320 g/mol. The molecule has 1 atom stereocenters. The second kappa shape index (κ2) is 6.65. The molecule has 2 aromatic rings. The second-order valence-corrected chi connectivity index (χ2v) is 5.50. The number of benzene rings is 1. The number of nitrogens with one attached hydrogen (secondary N) is 2. The third kappa shape index (κ3) is 3.66. The highest BCUT2D eigenvalue weighted by Gasteiger charge is 2.08. The molecule has 1 aromatic carbocycles. The van der Waals surface area contributed by atoms with Crippen LogP contribution in [0.5, 0.6) is 0 Å². The summed E-state index contributed by atoms with van der Waals surface area (Å²) in [7, 11) is 0. The normalized spacial score (nSPS) is 12.2. The number of amides is 1. The summed E-state index contributed by atoms with van der Waals surface area (Å²) in [5.74, 6) is 0.823. The fourth-order valence-corrected chi connectivity index (χ4v) is 2.18. The zero-order valence-corrected chi connectivity index (χ0v) is 13.1. The van der Waals surface area contributed by atoms with Crippen molar-refractivity contribution in [3.05, 3.63) is 29.0 Å². The number of nitrogens with zero attached hydrogens (tertiary/aromatic N) is 2. The maximum atomic E-state index is 11.3. The number of aromatic nitrogens is 2. The SMILES string of the molecule is CCC(=O)NCC(C)Nc1ncnc2ccc(Br)cc12. The molecular formula is C14H17BrN4O. The Kier molecular flexibility index (Phi) is 4.89. The van der Waals surface area contributed by atoms with E-state index in [1.54, 1.807) is 0 Å². The number of halogens is 1. The van der Waals surface area contributed by atoms with E-state index in [4.69, 9.17) is 0 Å². The van der Waals surface area contributed by atoms with Crippen LogP contribution in [0.4, 0.5) is 5.82 Å². The van der Waals surface area contributed by atoms with Crippen molar-refractivity contribution in [3.63, 3.8) is 0 Å². The molecule has 0 fully saturated rings. The van der Waals surface area contributed by atoms with Gasteiger partial charge in [-0.1, -0.05) is 22.9 Å². The molecule has 20 heavy (non-hydrogen) atoms. The number of carbonyl (C=O) groups excluding carboxylic acids is 1. The van der Waals surface area contributed by atoms with Crippen molar-refractivity contribution in [1.29, 1.82) is 0 Å². The molecule has 0 saturated carbocycles. The summed E-state index contributed by atoms with van der Waals surface area (Å²) in [5, 5.41) is 7.12. The summed E-state index contributed by atoms with van der Waals surface area (Å²) in [6.45, 7) is 4.40. The Labute approximate surface area is 126 Å². The van der Waals surface area contributed by atoms with E-state index in [0.717, 1.165) is 21.2 Å². The molecule has 0 aliphatic rings. The Morgan fingerprint density at radius 2 is 2.20 bits per heavy atom. The van der Waals surface area contributed by atoms with Crippen LogP contribution in [0.3, 0.4) is 0 Å². The third-order valence-corrected chi connectivity index (χ3v) is 3.40. The van der Waals surface area contributed by atoms with Crippen molar-refractivity contribution < 1.29 is 4.79 Å². The van der Waals surface area contributed by atoms with Gasteiger partial charge in [-0.15, -0.1) is 0 Å². The van der Waals surface area contributed by atoms with Gasteiger partial charge in [0.2, 0.25) is 5.91 Å². The van der Waals surface area contributed by atoms with Gasteiger partial charge in [-0.3, -0.25) is 4.79 Å². The fourth-order valence-electron chi connectivity index (χ4n) is 1.82. The predicted octanol–water partition coefficient (Wildman–Crippen LogP) is 2.72. The van der Waals surface area contributed by atoms with Crippen molar-refractivity contribution in [2.45, 2.75) is 26.3 Å². The van der Waals surface area contributed by atoms with Crippen molar-refractivity contribution in [3.8, 4) is 0 Å². The van der Waals surface area contributed by atoms with E-state index in [1.165, 1.54) is 6.33 Å². The van der Waals surface area contributed by atoms with Crippen LogP contribution in [0.15, 0.2) is 29.0 Å². The molecule has 6 heteroatoms. The van der Waals surface area contributed by atoms with Crippen molar-refractivity contribution in [1.82, 2.24) is 15.3 Å². The smallest absolute Gasteiger partial charge is 0.219 e. The lowest BCUT2D eigenvalue weighted by Crippen LogP contribution is -2.34. The van der Waals surface area contributed by atoms with Gasteiger partial charge in [0.15, 0.2) is 0 Å². The van der Waals surface area contributed by atoms with E-state index in [-0.39, 0.29) is 11.9 Å². The summed E-state index contributed by atoms with van der Waals surface area (Å²) >= 11 is 3.45. The highest BCUT2D eigenvalue weighted by molar-refractivity contribution is 9.10. The Hall–Kier alpha value is -1.69. The highest BCUT2D eigenvalue weighted by Crippen LogP contribution is 2.23. The minimum Gasteiger partial charge on any atom is -0.365 e. The Bertz CT molecular complexity index is 617. The molecule has 0 saturated heterocycles. The molecule has 2 N–H and O–H groups in total. The van der Waals surface area contributed by atoms with Crippen LogP contribution < -0.4 is 10.6 Å². The van der Waals surface area contributed by atoms with Gasteiger partial charge in [-0.2, -0.15) is 0 Å². The van der Waals surface area contributed by atoms with Gasteiger partial charge in [-0.05, 0) is 25.1 Å². The van der Waals surface area contributed by atoms with Gasteiger partial charge >= 0.3 is 0 Å². The molecule has 2 rings (SSSR count). The number of anilines is 1. The molecule has 5 nitrogen and oxygen atoms in total. The standard InChI is InChI=1S/C14H17BrN4O/c1-3-13(20)16-7-9(2)19-14-11-6-10(15)4-5-12(11)17-8-18-14/h4-6,8-9H,3,7H2,1-2H3,(H,16,20)(H,17,18,19). The highest BCUT2D eigenvalue weighted by atomic mass is 79.9. The maximum absolute atomic E-state index is 11.3. The number of hydrogen-bond acceptors (Lipinski definition) is 4. The summed E-state index contributed by atoms with van der Waals surface area (Å²) in [6, 6.07) is 5.96. The van der Waals surface area contributed by atoms with E-state index >= 15 is 0 Å². The summed E-state index contributed by atoms with van der Waals surface area (Å²) < 4.78 is 0.981. The van der Waals surface area contributed by atoms with Gasteiger partial charge in [0.25, 0.3) is 0 Å². The zero-order valence-electron chi connectivity index (χ0n) is 11.5. The van der Waals surface area contributed by atoms with Crippen LogP contribution in [0.2, 0.25) is 0 Å². The number of fused-ring (bicyclic) bond motifs is 1. The average Bonchev–Trinajstić information content (AvgIpc) is 2.45. The van der Waals surface area contributed by atoms with Crippen LogP contribution in [-0.4, -0.2) is 28.5 Å². The Morgan fingerprint density at radius 3 is 2.95 bits per heavy atom. The van der Waals surface area contributed by atoms with Crippen LogP contribution in [-0.2, 0) is 4.79 Å². The molecule has 0 radical (unpaired) electrons. The number of carbonyl (C=O) groups is 1. The van der Waals surface area contributed by atoms with Gasteiger partial charge in [0.05, 0.1) is 5.52 Å². The van der Waals surface area contributed by atoms with Crippen LogP contribution in [0.25, 0.3) is 10.9 Å². The van der Waals surface area contributed by atoms with Gasteiger partial charge in [-0.25, -0.2) is 9.97 Å². The molecule has 1 heterocycles. The maximum Gasteiger partial charge on any atom is 0.219 e. The quantitative estimate of drug-likeness (QED) is 0.880. The van der Waals surface area contributed by atoms with Crippen LogP contribution in [0.1, 0.15) is 20.3 Å². The first kappa shape index (κ1) is 14.7. The van der Waals surface area contributed by atoms with Crippen LogP contribution >= 0.6 is 15.9 Å². The second-order valence-electron chi connectivity index (χ2n) is 4.59. The lowest BCUT2D eigenvalue weighted by Gasteiger charge is -2.16. The first-order valence-corrected chi connectivity index (χ1v) is 7.33. The van der Waals surface area contributed by atoms with Gasteiger partial charge < -0.3 is 10.6 Å². The molecule has 0 bridgehead atoms. The lowest BCUT2D eigenvalue weighted by atomic mass is 10.2. The topological polar surface area (TPSA) is 66.9 Å². The fraction of sp³-hybridized carbons (Fsp3) is 0.357. The first-order chi connectivity index (χ1) is 9.60.